The van der Waals surface area contributed by atoms with Crippen LogP contribution < -0.4 is 0 Å². The van der Waals surface area contributed by atoms with E-state index in [0.717, 1.165) is 5.56 Å². The van der Waals surface area contributed by atoms with Crippen LogP contribution in [0.25, 0.3) is 0 Å². The second-order valence-electron chi connectivity index (χ2n) is 9.24. The van der Waals surface area contributed by atoms with E-state index in [1.807, 2.05) is 65.0 Å². The number of hydrogen-bond acceptors (Lipinski definition) is 8. The average molecular weight is 493 g/mol. The molecule has 7 atom stereocenters. The molecule has 0 saturated carbocycles. The van der Waals surface area contributed by atoms with Gasteiger partial charge in [0.2, 0.25) is 0 Å². The molecule has 0 radical (unpaired) electrons. The van der Waals surface area contributed by atoms with Crippen molar-refractivity contribution in [1.29, 1.82) is 0 Å². The quantitative estimate of drug-likeness (QED) is 0.309. The van der Waals surface area contributed by atoms with Gasteiger partial charge in [-0.2, -0.15) is 0 Å². The number of carbonyl (C=O) groups is 3. The molecule has 4 unspecified atom stereocenters. The highest BCUT2D eigenvalue weighted by Crippen LogP contribution is 2.34. The molecule has 0 aromatic heterocycles. The molecule has 1 saturated heterocycles. The van der Waals surface area contributed by atoms with Gasteiger partial charge in [-0.15, -0.1) is 0 Å². The molecule has 0 spiro atoms. The molecule has 1 fully saturated rings. The summed E-state index contributed by atoms with van der Waals surface area (Å²) in [4.78, 5) is 36.5. The first kappa shape index (κ1) is 28.8. The summed E-state index contributed by atoms with van der Waals surface area (Å²) >= 11 is 0. The Morgan fingerprint density at radius 2 is 1.54 bits per heavy atom. The third kappa shape index (κ3) is 9.26. The summed E-state index contributed by atoms with van der Waals surface area (Å²) in [5.41, 5.74) is 0.892. The zero-order chi connectivity index (χ0) is 26.0. The molecule has 35 heavy (non-hydrogen) atoms. The molecule has 1 aliphatic rings. The highest BCUT2D eigenvalue weighted by molar-refractivity contribution is 5.73. The molecular weight excluding hydrogens is 452 g/mol. The van der Waals surface area contributed by atoms with Gasteiger partial charge in [-0.1, -0.05) is 58.0 Å². The SMILES string of the molecule is CCC(CC(=O)OCc1ccccc1)OC(=O)CC(CC)O[C@@H]1OC(C)[C@H](C)C(C)[C@@H]1OC(C)=O. The highest BCUT2D eigenvalue weighted by Gasteiger charge is 2.43. The van der Waals surface area contributed by atoms with Gasteiger partial charge in [-0.3, -0.25) is 14.4 Å². The van der Waals surface area contributed by atoms with Crippen LogP contribution >= 0.6 is 0 Å². The van der Waals surface area contributed by atoms with E-state index in [4.69, 9.17) is 23.7 Å². The fourth-order valence-electron chi connectivity index (χ4n) is 4.00. The van der Waals surface area contributed by atoms with Crippen molar-refractivity contribution in [2.45, 2.75) is 105 Å². The summed E-state index contributed by atoms with van der Waals surface area (Å²) in [5, 5.41) is 0. The molecule has 196 valence electrons. The lowest BCUT2D eigenvalue weighted by molar-refractivity contribution is -0.285. The number of hydrogen-bond donors (Lipinski definition) is 0. The van der Waals surface area contributed by atoms with Crippen LogP contribution in [-0.2, 0) is 44.7 Å². The Hall–Kier alpha value is -2.45. The number of rotatable bonds is 12. The van der Waals surface area contributed by atoms with Crippen molar-refractivity contribution in [2.75, 3.05) is 0 Å². The summed E-state index contributed by atoms with van der Waals surface area (Å²) in [6.45, 7) is 11.3. The van der Waals surface area contributed by atoms with Crippen LogP contribution in [0.2, 0.25) is 0 Å². The van der Waals surface area contributed by atoms with E-state index >= 15 is 0 Å². The summed E-state index contributed by atoms with van der Waals surface area (Å²) in [7, 11) is 0. The first-order valence-electron chi connectivity index (χ1n) is 12.5. The molecule has 1 aromatic carbocycles. The Labute approximate surface area is 208 Å². The van der Waals surface area contributed by atoms with Crippen molar-refractivity contribution in [3.05, 3.63) is 35.9 Å². The third-order valence-electron chi connectivity index (χ3n) is 6.57. The zero-order valence-electron chi connectivity index (χ0n) is 21.7. The summed E-state index contributed by atoms with van der Waals surface area (Å²) < 4.78 is 28.5. The minimum atomic E-state index is -0.771. The Kier molecular flexibility index (Phi) is 11.7. The minimum Gasteiger partial charge on any atom is -0.462 e. The number of benzene rings is 1. The Morgan fingerprint density at radius 1 is 0.914 bits per heavy atom. The zero-order valence-corrected chi connectivity index (χ0v) is 21.7. The van der Waals surface area contributed by atoms with Gasteiger partial charge in [0.15, 0.2) is 12.4 Å². The van der Waals surface area contributed by atoms with Crippen LogP contribution in [0, 0.1) is 11.8 Å². The third-order valence-corrected chi connectivity index (χ3v) is 6.57. The maximum absolute atomic E-state index is 12.6. The van der Waals surface area contributed by atoms with E-state index in [1.54, 1.807) is 0 Å². The van der Waals surface area contributed by atoms with Gasteiger partial charge < -0.3 is 23.7 Å². The number of carbonyl (C=O) groups excluding carboxylic acids is 3. The topological polar surface area (TPSA) is 97.4 Å². The van der Waals surface area contributed by atoms with E-state index in [1.165, 1.54) is 6.92 Å². The molecule has 0 amide bonds. The first-order chi connectivity index (χ1) is 16.6. The van der Waals surface area contributed by atoms with Crippen LogP contribution in [0.15, 0.2) is 30.3 Å². The molecule has 1 aromatic rings. The van der Waals surface area contributed by atoms with Gasteiger partial charge in [0.05, 0.1) is 25.0 Å². The molecular formula is C27H40O8. The van der Waals surface area contributed by atoms with Crippen molar-refractivity contribution in [3.8, 4) is 0 Å². The van der Waals surface area contributed by atoms with Crippen molar-refractivity contribution in [3.63, 3.8) is 0 Å². The van der Waals surface area contributed by atoms with E-state index in [-0.39, 0.29) is 37.4 Å². The van der Waals surface area contributed by atoms with Gasteiger partial charge in [0, 0.05) is 12.8 Å². The lowest BCUT2D eigenvalue weighted by Crippen LogP contribution is -2.52. The molecule has 1 heterocycles. The summed E-state index contributed by atoms with van der Waals surface area (Å²) in [6.07, 6.45) is -1.48. The van der Waals surface area contributed by atoms with Gasteiger partial charge in [-0.05, 0) is 31.2 Å². The predicted molar refractivity (Wildman–Crippen MR) is 129 cm³/mol. The van der Waals surface area contributed by atoms with Crippen LogP contribution in [0.5, 0.6) is 0 Å². The van der Waals surface area contributed by atoms with Crippen molar-refractivity contribution in [1.82, 2.24) is 0 Å². The molecule has 8 heteroatoms. The maximum atomic E-state index is 12.6. The maximum Gasteiger partial charge on any atom is 0.309 e. The number of esters is 3. The fourth-order valence-corrected chi connectivity index (χ4v) is 4.00. The Balaban J connectivity index is 1.88. The second-order valence-corrected chi connectivity index (χ2v) is 9.24. The van der Waals surface area contributed by atoms with E-state index in [9.17, 15) is 14.4 Å². The normalized spacial score (nSPS) is 25.8. The largest absolute Gasteiger partial charge is 0.462 e. The van der Waals surface area contributed by atoms with Crippen molar-refractivity contribution < 1.29 is 38.1 Å². The summed E-state index contributed by atoms with van der Waals surface area (Å²) in [6, 6.07) is 9.39. The van der Waals surface area contributed by atoms with Crippen molar-refractivity contribution >= 4 is 17.9 Å². The Morgan fingerprint density at radius 3 is 2.14 bits per heavy atom. The highest BCUT2D eigenvalue weighted by atomic mass is 16.7. The lowest BCUT2D eigenvalue weighted by Gasteiger charge is -2.43. The smallest absolute Gasteiger partial charge is 0.309 e. The van der Waals surface area contributed by atoms with Crippen LogP contribution in [-0.4, -0.2) is 48.6 Å². The monoisotopic (exact) mass is 492 g/mol. The van der Waals surface area contributed by atoms with Crippen LogP contribution in [0.4, 0.5) is 0 Å². The van der Waals surface area contributed by atoms with Crippen molar-refractivity contribution in [2.24, 2.45) is 11.8 Å². The average Bonchev–Trinajstić information content (AvgIpc) is 2.83. The predicted octanol–water partition coefficient (Wildman–Crippen LogP) is 4.58. The minimum absolute atomic E-state index is 0.00295. The van der Waals surface area contributed by atoms with Crippen LogP contribution in [0.1, 0.15) is 72.8 Å². The first-order valence-corrected chi connectivity index (χ1v) is 12.5. The second kappa shape index (κ2) is 14.2. The lowest BCUT2D eigenvalue weighted by atomic mass is 9.84. The van der Waals surface area contributed by atoms with Gasteiger partial charge in [-0.25, -0.2) is 0 Å². The van der Waals surface area contributed by atoms with Gasteiger partial charge >= 0.3 is 17.9 Å². The molecule has 8 nitrogen and oxygen atoms in total. The van der Waals surface area contributed by atoms with Crippen LogP contribution in [0.3, 0.4) is 0 Å². The Bertz CT molecular complexity index is 811. The molecule has 1 aliphatic heterocycles. The fraction of sp³-hybridized carbons (Fsp3) is 0.667. The van der Waals surface area contributed by atoms with Gasteiger partial charge in [0.25, 0.3) is 0 Å². The molecule has 0 aliphatic carbocycles. The van der Waals surface area contributed by atoms with E-state index in [2.05, 4.69) is 0 Å². The standard InChI is InChI=1S/C27H40O8/c1-7-22(14-24(29)31-16-21-12-10-9-11-13-21)34-25(30)15-23(8-2)35-27-26(33-20(6)28)18(4)17(3)19(5)32-27/h9-13,17-19,22-23,26-27H,7-8,14-16H2,1-6H3/t17-,18?,19?,22?,23?,26+,27+/m1/s1. The van der Waals surface area contributed by atoms with Gasteiger partial charge in [0.1, 0.15) is 12.7 Å². The van der Waals surface area contributed by atoms with E-state index < -0.39 is 42.5 Å². The van der Waals surface area contributed by atoms with E-state index in [0.29, 0.717) is 12.8 Å². The summed E-state index contributed by atoms with van der Waals surface area (Å²) in [5.74, 6) is -1.08. The molecule has 0 N–H and O–H groups in total. The number of ether oxygens (including phenoxy) is 5. The molecule has 0 bridgehead atoms. The molecule has 2 rings (SSSR count).